The number of benzene rings is 2. The van der Waals surface area contributed by atoms with E-state index in [9.17, 15) is 14.0 Å². The second-order valence-electron chi connectivity index (χ2n) is 6.64. The van der Waals surface area contributed by atoms with Crippen LogP contribution in [0.25, 0.3) is 10.9 Å². The maximum absolute atomic E-state index is 13.9. The van der Waals surface area contributed by atoms with Crippen molar-refractivity contribution in [2.45, 2.75) is 25.5 Å². The third kappa shape index (κ3) is 4.77. The second-order valence-corrected chi connectivity index (χ2v) is 7.62. The molecule has 1 heterocycles. The Morgan fingerprint density at radius 2 is 1.93 bits per heavy atom. The van der Waals surface area contributed by atoms with Crippen LogP contribution in [0.1, 0.15) is 31.0 Å². The lowest BCUT2D eigenvalue weighted by Crippen LogP contribution is -2.14. The first-order chi connectivity index (χ1) is 12.9. The highest BCUT2D eigenvalue weighted by Gasteiger charge is 2.08. The third-order valence-electron chi connectivity index (χ3n) is 4.22. The monoisotopic (exact) mass is 384 g/mol. The maximum Gasteiger partial charge on any atom is 0.234 e. The Morgan fingerprint density at radius 3 is 2.63 bits per heavy atom. The minimum atomic E-state index is -0.459. The van der Waals surface area contributed by atoms with E-state index in [-0.39, 0.29) is 22.6 Å². The number of rotatable bonds is 6. The van der Waals surface area contributed by atoms with Gasteiger partial charge in [-0.2, -0.15) is 0 Å². The average Bonchev–Trinajstić information content (AvgIpc) is 2.63. The van der Waals surface area contributed by atoms with Crippen LogP contribution >= 0.6 is 11.8 Å². The van der Waals surface area contributed by atoms with Crippen molar-refractivity contribution in [3.05, 3.63) is 75.8 Å². The zero-order valence-corrected chi connectivity index (χ0v) is 16.0. The van der Waals surface area contributed by atoms with Crippen molar-refractivity contribution in [3.63, 3.8) is 0 Å². The van der Waals surface area contributed by atoms with Gasteiger partial charge in [0.2, 0.25) is 5.91 Å². The first-order valence-electron chi connectivity index (χ1n) is 8.72. The predicted molar refractivity (Wildman–Crippen MR) is 110 cm³/mol. The Hall–Kier alpha value is -2.60. The van der Waals surface area contributed by atoms with E-state index in [1.807, 2.05) is 24.3 Å². The number of carbonyl (C=O) groups is 1. The number of pyridine rings is 1. The zero-order valence-electron chi connectivity index (χ0n) is 15.2. The molecule has 0 spiro atoms. The molecule has 2 aromatic carbocycles. The van der Waals surface area contributed by atoms with E-state index in [2.05, 4.69) is 24.1 Å². The van der Waals surface area contributed by atoms with Gasteiger partial charge < -0.3 is 10.3 Å². The summed E-state index contributed by atoms with van der Waals surface area (Å²) >= 11 is 1.36. The van der Waals surface area contributed by atoms with E-state index in [1.165, 1.54) is 35.5 Å². The number of amides is 1. The van der Waals surface area contributed by atoms with Crippen LogP contribution < -0.4 is 10.7 Å². The molecule has 0 saturated heterocycles. The van der Waals surface area contributed by atoms with Gasteiger partial charge in [-0.3, -0.25) is 9.59 Å². The van der Waals surface area contributed by atoms with E-state index in [0.29, 0.717) is 22.8 Å². The van der Waals surface area contributed by atoms with Crippen molar-refractivity contribution in [1.29, 1.82) is 0 Å². The summed E-state index contributed by atoms with van der Waals surface area (Å²) < 4.78 is 13.9. The molecule has 0 aliphatic heterocycles. The van der Waals surface area contributed by atoms with Gasteiger partial charge >= 0.3 is 0 Å². The molecule has 0 radical (unpaired) electrons. The maximum atomic E-state index is 13.9. The summed E-state index contributed by atoms with van der Waals surface area (Å²) in [6.07, 6.45) is 0. The first-order valence-corrected chi connectivity index (χ1v) is 9.87. The Morgan fingerprint density at radius 1 is 1.19 bits per heavy atom. The second kappa shape index (κ2) is 8.39. The van der Waals surface area contributed by atoms with Gasteiger partial charge in [0.1, 0.15) is 5.82 Å². The van der Waals surface area contributed by atoms with E-state index >= 15 is 0 Å². The van der Waals surface area contributed by atoms with E-state index < -0.39 is 5.82 Å². The number of H-pyrrole nitrogens is 1. The minimum Gasteiger partial charge on any atom is -0.355 e. The molecule has 27 heavy (non-hydrogen) atoms. The number of para-hydroxylation sites is 1. The summed E-state index contributed by atoms with van der Waals surface area (Å²) in [6, 6.07) is 13.7. The van der Waals surface area contributed by atoms with E-state index in [1.54, 1.807) is 6.07 Å². The summed E-state index contributed by atoms with van der Waals surface area (Å²) in [5.41, 5.74) is 2.54. The normalized spacial score (nSPS) is 11.1. The summed E-state index contributed by atoms with van der Waals surface area (Å²) in [5.74, 6) is 0.521. The average molecular weight is 384 g/mol. The van der Waals surface area contributed by atoms with Crippen LogP contribution in [0.4, 0.5) is 10.1 Å². The van der Waals surface area contributed by atoms with Crippen LogP contribution in [-0.4, -0.2) is 16.6 Å². The molecule has 1 amide bonds. The molecule has 0 aliphatic rings. The largest absolute Gasteiger partial charge is 0.355 e. The molecule has 2 N–H and O–H groups in total. The van der Waals surface area contributed by atoms with Crippen LogP contribution in [0.2, 0.25) is 0 Å². The smallest absolute Gasteiger partial charge is 0.234 e. The molecular formula is C21H21FN2O2S. The molecule has 0 saturated carbocycles. The van der Waals surface area contributed by atoms with Crippen LogP contribution in [0.3, 0.4) is 0 Å². The van der Waals surface area contributed by atoms with Crippen molar-refractivity contribution >= 4 is 34.3 Å². The van der Waals surface area contributed by atoms with Gasteiger partial charge in [0.25, 0.3) is 0 Å². The van der Waals surface area contributed by atoms with Gasteiger partial charge in [-0.15, -0.1) is 11.8 Å². The van der Waals surface area contributed by atoms with Gasteiger partial charge in [0.05, 0.1) is 11.3 Å². The molecule has 140 valence electrons. The number of halogens is 1. The SMILES string of the molecule is CC(C)c1ccc(NC(=O)CSCc2cc(=O)c3cccc(F)c3[nH]2)cc1. The molecule has 6 heteroatoms. The van der Waals surface area contributed by atoms with Crippen LogP contribution in [-0.2, 0) is 10.5 Å². The van der Waals surface area contributed by atoms with Crippen molar-refractivity contribution in [3.8, 4) is 0 Å². The van der Waals surface area contributed by atoms with Gasteiger partial charge in [-0.25, -0.2) is 4.39 Å². The number of fused-ring (bicyclic) bond motifs is 1. The molecule has 4 nitrogen and oxygen atoms in total. The Labute approximate surface area is 161 Å². The zero-order chi connectivity index (χ0) is 19.4. The van der Waals surface area contributed by atoms with Crippen molar-refractivity contribution < 1.29 is 9.18 Å². The lowest BCUT2D eigenvalue weighted by atomic mass is 10.0. The number of aromatic nitrogens is 1. The summed E-state index contributed by atoms with van der Waals surface area (Å²) in [6.45, 7) is 4.24. The molecule has 1 aromatic heterocycles. The van der Waals surface area contributed by atoms with Gasteiger partial charge in [-0.1, -0.05) is 32.0 Å². The third-order valence-corrected chi connectivity index (χ3v) is 5.20. The molecule has 0 unspecified atom stereocenters. The lowest BCUT2D eigenvalue weighted by molar-refractivity contribution is -0.113. The molecular weight excluding hydrogens is 363 g/mol. The van der Waals surface area contributed by atoms with Crippen molar-refractivity contribution in [1.82, 2.24) is 4.98 Å². The fourth-order valence-corrected chi connectivity index (χ4v) is 3.50. The summed E-state index contributed by atoms with van der Waals surface area (Å²) in [4.78, 5) is 27.1. The highest BCUT2D eigenvalue weighted by atomic mass is 32.2. The minimum absolute atomic E-state index is 0.119. The van der Waals surface area contributed by atoms with Gasteiger partial charge in [0, 0.05) is 28.6 Å². The number of hydrogen-bond donors (Lipinski definition) is 2. The number of aromatic amines is 1. The summed E-state index contributed by atoms with van der Waals surface area (Å²) in [7, 11) is 0. The number of carbonyl (C=O) groups excluding carboxylic acids is 1. The fraction of sp³-hybridized carbons (Fsp3) is 0.238. The van der Waals surface area contributed by atoms with Crippen LogP contribution in [0, 0.1) is 5.82 Å². The molecule has 0 bridgehead atoms. The first kappa shape index (κ1) is 19.2. The molecule has 3 rings (SSSR count). The van der Waals surface area contributed by atoms with Crippen LogP contribution in [0.5, 0.6) is 0 Å². The van der Waals surface area contributed by atoms with Gasteiger partial charge in [-0.05, 0) is 35.7 Å². The lowest BCUT2D eigenvalue weighted by Gasteiger charge is -2.09. The highest BCUT2D eigenvalue weighted by molar-refractivity contribution is 7.99. The standard InChI is InChI=1S/C21H21FN2O2S/c1-13(2)14-6-8-15(9-7-14)23-20(26)12-27-11-16-10-19(25)17-4-3-5-18(22)21(17)24-16/h3-10,13H,11-12H2,1-2H3,(H,23,26)(H,24,25). The number of hydrogen-bond acceptors (Lipinski definition) is 3. The van der Waals surface area contributed by atoms with E-state index in [4.69, 9.17) is 0 Å². The van der Waals surface area contributed by atoms with E-state index in [0.717, 1.165) is 5.69 Å². The highest BCUT2D eigenvalue weighted by Crippen LogP contribution is 2.18. The predicted octanol–water partition coefficient (Wildman–Crippen LogP) is 4.66. The number of anilines is 1. The molecule has 3 aromatic rings. The number of thioether (sulfide) groups is 1. The van der Waals surface area contributed by atoms with Gasteiger partial charge in [0.15, 0.2) is 5.43 Å². The Balaban J connectivity index is 1.58. The van der Waals surface area contributed by atoms with Crippen LogP contribution in [0.15, 0.2) is 53.3 Å². The quantitative estimate of drug-likeness (QED) is 0.650. The Bertz CT molecular complexity index is 1010. The summed E-state index contributed by atoms with van der Waals surface area (Å²) in [5, 5.41) is 3.18. The molecule has 0 atom stereocenters. The Kier molecular flexibility index (Phi) is 5.96. The topological polar surface area (TPSA) is 62.0 Å². The molecule has 0 aliphatic carbocycles. The number of nitrogens with one attached hydrogen (secondary N) is 2. The van der Waals surface area contributed by atoms with Crippen molar-refractivity contribution in [2.75, 3.05) is 11.1 Å². The molecule has 0 fully saturated rings. The fourth-order valence-electron chi connectivity index (χ4n) is 2.77. The van der Waals surface area contributed by atoms with Crippen molar-refractivity contribution in [2.24, 2.45) is 0 Å².